The SMILES string of the molecule is Cc1ccc(Cl)cc1NC(=O)COC(=O)C(=Cc1cccs1)c1cccs1. The van der Waals surface area contributed by atoms with Gasteiger partial charge in [0.1, 0.15) is 0 Å². The third-order valence-electron chi connectivity index (χ3n) is 3.64. The van der Waals surface area contributed by atoms with E-state index in [1.54, 1.807) is 18.2 Å². The summed E-state index contributed by atoms with van der Waals surface area (Å²) in [5.74, 6) is -0.959. The molecule has 2 aromatic heterocycles. The number of thiophene rings is 2. The number of anilines is 1. The predicted molar refractivity (Wildman–Crippen MR) is 112 cm³/mol. The third kappa shape index (κ3) is 5.29. The van der Waals surface area contributed by atoms with Gasteiger partial charge in [-0.1, -0.05) is 29.8 Å². The van der Waals surface area contributed by atoms with Gasteiger partial charge >= 0.3 is 5.97 Å². The summed E-state index contributed by atoms with van der Waals surface area (Å²) in [5.41, 5.74) is 1.89. The molecule has 0 saturated carbocycles. The zero-order valence-corrected chi connectivity index (χ0v) is 16.8. The second-order valence-corrected chi connectivity index (χ2v) is 8.00. The van der Waals surface area contributed by atoms with Gasteiger partial charge in [0.05, 0.1) is 5.57 Å². The van der Waals surface area contributed by atoms with E-state index in [4.69, 9.17) is 16.3 Å². The Morgan fingerprint density at radius 2 is 1.93 bits per heavy atom. The van der Waals surface area contributed by atoms with Crippen LogP contribution in [0.1, 0.15) is 15.3 Å². The lowest BCUT2D eigenvalue weighted by Gasteiger charge is -2.10. The average molecular weight is 418 g/mol. The van der Waals surface area contributed by atoms with Gasteiger partial charge in [-0.15, -0.1) is 22.7 Å². The number of esters is 1. The van der Waals surface area contributed by atoms with Crippen molar-refractivity contribution in [2.24, 2.45) is 0 Å². The van der Waals surface area contributed by atoms with Crippen LogP contribution in [0, 0.1) is 6.92 Å². The normalized spacial score (nSPS) is 11.3. The van der Waals surface area contributed by atoms with Crippen LogP contribution in [0.3, 0.4) is 0 Å². The summed E-state index contributed by atoms with van der Waals surface area (Å²) in [4.78, 5) is 26.5. The molecule has 0 aliphatic heterocycles. The van der Waals surface area contributed by atoms with Crippen molar-refractivity contribution >= 4 is 63.5 Å². The first-order valence-corrected chi connectivity index (χ1v) is 10.2. The van der Waals surface area contributed by atoms with Gasteiger partial charge in [0.25, 0.3) is 5.91 Å². The van der Waals surface area contributed by atoms with Crippen LogP contribution in [0.2, 0.25) is 5.02 Å². The van der Waals surface area contributed by atoms with E-state index < -0.39 is 11.9 Å². The van der Waals surface area contributed by atoms with Crippen LogP contribution in [0.4, 0.5) is 5.69 Å². The fraction of sp³-hybridized carbons (Fsp3) is 0.100. The molecule has 27 heavy (non-hydrogen) atoms. The fourth-order valence-electron chi connectivity index (χ4n) is 2.30. The number of carbonyl (C=O) groups is 2. The summed E-state index contributed by atoms with van der Waals surface area (Å²) < 4.78 is 5.24. The van der Waals surface area contributed by atoms with Crippen LogP contribution in [-0.2, 0) is 14.3 Å². The molecule has 0 atom stereocenters. The van der Waals surface area contributed by atoms with E-state index >= 15 is 0 Å². The number of ether oxygens (including phenoxy) is 1. The van der Waals surface area contributed by atoms with Gasteiger partial charge in [-0.3, -0.25) is 4.79 Å². The molecule has 0 saturated heterocycles. The molecular weight excluding hydrogens is 402 g/mol. The molecule has 0 aliphatic rings. The van der Waals surface area contributed by atoms with Crippen LogP contribution in [0.25, 0.3) is 11.6 Å². The van der Waals surface area contributed by atoms with Crippen molar-refractivity contribution in [2.45, 2.75) is 6.92 Å². The lowest BCUT2D eigenvalue weighted by Crippen LogP contribution is -2.21. The monoisotopic (exact) mass is 417 g/mol. The van der Waals surface area contributed by atoms with Crippen LogP contribution < -0.4 is 5.32 Å². The number of hydrogen-bond donors (Lipinski definition) is 1. The first kappa shape index (κ1) is 19.4. The summed E-state index contributed by atoms with van der Waals surface area (Å²) >= 11 is 8.92. The highest BCUT2D eigenvalue weighted by molar-refractivity contribution is 7.12. The number of hydrogen-bond acceptors (Lipinski definition) is 5. The van der Waals surface area contributed by atoms with Crippen molar-refractivity contribution in [3.8, 4) is 0 Å². The molecule has 1 aromatic carbocycles. The molecule has 1 N–H and O–H groups in total. The Hall–Kier alpha value is -2.41. The quantitative estimate of drug-likeness (QED) is 0.426. The van der Waals surface area contributed by atoms with Crippen molar-refractivity contribution < 1.29 is 14.3 Å². The number of halogens is 1. The second-order valence-electron chi connectivity index (χ2n) is 5.63. The summed E-state index contributed by atoms with van der Waals surface area (Å²) in [5, 5.41) is 7.05. The van der Waals surface area contributed by atoms with Gasteiger partial charge in [-0.25, -0.2) is 4.79 Å². The van der Waals surface area contributed by atoms with E-state index in [0.29, 0.717) is 16.3 Å². The summed E-state index contributed by atoms with van der Waals surface area (Å²) in [6.07, 6.45) is 1.78. The predicted octanol–water partition coefficient (Wildman–Crippen LogP) is 5.49. The van der Waals surface area contributed by atoms with Crippen LogP contribution in [0.15, 0.2) is 53.2 Å². The van der Waals surface area contributed by atoms with Gasteiger partial charge < -0.3 is 10.1 Å². The van der Waals surface area contributed by atoms with E-state index in [0.717, 1.165) is 15.3 Å². The highest BCUT2D eigenvalue weighted by Gasteiger charge is 2.17. The van der Waals surface area contributed by atoms with Crippen LogP contribution >= 0.6 is 34.3 Å². The molecule has 0 fully saturated rings. The van der Waals surface area contributed by atoms with Gasteiger partial charge in [0.2, 0.25) is 0 Å². The maximum absolute atomic E-state index is 12.6. The molecule has 0 radical (unpaired) electrons. The minimum absolute atomic E-state index is 0.377. The smallest absolute Gasteiger partial charge is 0.340 e. The molecule has 138 valence electrons. The molecule has 2 heterocycles. The number of amides is 1. The molecule has 0 spiro atoms. The van der Waals surface area contributed by atoms with Crippen LogP contribution in [-0.4, -0.2) is 18.5 Å². The Bertz CT molecular complexity index is 963. The zero-order chi connectivity index (χ0) is 19.2. The minimum atomic E-state index is -0.538. The number of nitrogens with one attached hydrogen (secondary N) is 1. The summed E-state index contributed by atoms with van der Waals surface area (Å²) in [7, 11) is 0. The van der Waals surface area contributed by atoms with Crippen molar-refractivity contribution in [2.75, 3.05) is 11.9 Å². The minimum Gasteiger partial charge on any atom is -0.452 e. The van der Waals surface area contributed by atoms with Gasteiger partial charge in [0, 0.05) is 20.5 Å². The lowest BCUT2D eigenvalue weighted by atomic mass is 10.2. The Kier molecular flexibility index (Phi) is 6.45. The van der Waals surface area contributed by atoms with E-state index in [1.807, 2.05) is 48.0 Å². The zero-order valence-electron chi connectivity index (χ0n) is 14.4. The Morgan fingerprint density at radius 3 is 2.63 bits per heavy atom. The largest absolute Gasteiger partial charge is 0.452 e. The van der Waals surface area contributed by atoms with Gasteiger partial charge in [0.15, 0.2) is 6.61 Å². The fourth-order valence-corrected chi connectivity index (χ4v) is 3.86. The van der Waals surface area contributed by atoms with Crippen molar-refractivity contribution in [3.05, 3.63) is 73.6 Å². The van der Waals surface area contributed by atoms with Crippen molar-refractivity contribution in [3.63, 3.8) is 0 Å². The number of rotatable bonds is 6. The number of carbonyl (C=O) groups excluding carboxylic acids is 2. The molecule has 3 aromatic rings. The Labute approximate surface area is 170 Å². The molecular formula is C20H16ClNO3S2. The second kappa shape index (κ2) is 8.99. The highest BCUT2D eigenvalue weighted by Crippen LogP contribution is 2.26. The molecule has 4 nitrogen and oxygen atoms in total. The lowest BCUT2D eigenvalue weighted by molar-refractivity contribution is -0.141. The number of aryl methyl sites for hydroxylation is 1. The third-order valence-corrected chi connectivity index (χ3v) is 5.60. The highest BCUT2D eigenvalue weighted by atomic mass is 35.5. The van der Waals surface area contributed by atoms with Gasteiger partial charge in [-0.05, 0) is 53.6 Å². The first-order chi connectivity index (χ1) is 13.0. The van der Waals surface area contributed by atoms with Gasteiger partial charge in [-0.2, -0.15) is 0 Å². The van der Waals surface area contributed by atoms with Crippen molar-refractivity contribution in [1.82, 2.24) is 0 Å². The topological polar surface area (TPSA) is 55.4 Å². The van der Waals surface area contributed by atoms with E-state index in [-0.39, 0.29) is 6.61 Å². The maximum atomic E-state index is 12.6. The Morgan fingerprint density at radius 1 is 1.15 bits per heavy atom. The van der Waals surface area contributed by atoms with E-state index in [2.05, 4.69) is 5.32 Å². The molecule has 0 bridgehead atoms. The summed E-state index contributed by atoms with van der Waals surface area (Å²) in [6.45, 7) is 1.48. The molecule has 3 rings (SSSR count). The summed E-state index contributed by atoms with van der Waals surface area (Å²) in [6, 6.07) is 12.8. The molecule has 0 aliphatic carbocycles. The molecule has 0 unspecified atom stereocenters. The number of benzene rings is 1. The van der Waals surface area contributed by atoms with Crippen molar-refractivity contribution in [1.29, 1.82) is 0 Å². The Balaban J connectivity index is 1.67. The van der Waals surface area contributed by atoms with E-state index in [1.165, 1.54) is 22.7 Å². The average Bonchev–Trinajstić information content (AvgIpc) is 3.34. The van der Waals surface area contributed by atoms with E-state index in [9.17, 15) is 9.59 Å². The molecule has 7 heteroatoms. The van der Waals surface area contributed by atoms with Crippen LogP contribution in [0.5, 0.6) is 0 Å². The molecule has 1 amide bonds. The first-order valence-electron chi connectivity index (χ1n) is 8.05. The standard InChI is InChI=1S/C20H16ClNO3S2/c1-13-6-7-14(21)10-17(13)22-19(23)12-25-20(24)16(18-5-3-9-27-18)11-15-4-2-8-26-15/h2-11H,12H2,1H3,(H,22,23). The maximum Gasteiger partial charge on any atom is 0.340 e.